The second-order valence-corrected chi connectivity index (χ2v) is 7.91. The number of carbonyl (C=O) groups is 2. The average Bonchev–Trinajstić information content (AvgIpc) is 2.73. The topological polar surface area (TPSA) is 93.9 Å². The van der Waals surface area contributed by atoms with Gasteiger partial charge in [0.2, 0.25) is 0 Å². The number of benzene rings is 2. The number of ether oxygens (including phenoxy) is 2. The summed E-state index contributed by atoms with van der Waals surface area (Å²) < 4.78 is 24.9. The quantitative estimate of drug-likeness (QED) is 0.603. The fourth-order valence-corrected chi connectivity index (χ4v) is 3.73. The van der Waals surface area contributed by atoms with Crippen LogP contribution < -0.4 is 15.8 Å². The van der Waals surface area contributed by atoms with Crippen molar-refractivity contribution in [1.82, 2.24) is 4.90 Å². The number of primary amides is 1. The summed E-state index contributed by atoms with van der Waals surface area (Å²) in [5, 5.41) is 2.87. The van der Waals surface area contributed by atoms with E-state index in [1.165, 1.54) is 18.2 Å². The van der Waals surface area contributed by atoms with Crippen molar-refractivity contribution in [2.75, 3.05) is 25.1 Å². The van der Waals surface area contributed by atoms with Crippen LogP contribution in [0.15, 0.2) is 42.5 Å². The normalized spacial score (nSPS) is 20.1. The van der Waals surface area contributed by atoms with E-state index in [1.807, 2.05) is 11.8 Å². The Labute approximate surface area is 185 Å². The number of hydrogen-bond acceptors (Lipinski definition) is 5. The van der Waals surface area contributed by atoms with Gasteiger partial charge >= 0.3 is 6.03 Å². The smallest absolute Gasteiger partial charge is 0.316 e. The van der Waals surface area contributed by atoms with E-state index in [0.717, 1.165) is 11.8 Å². The number of aldehydes is 1. The summed E-state index contributed by atoms with van der Waals surface area (Å²) in [6.45, 7) is 3.04. The van der Waals surface area contributed by atoms with Crippen molar-refractivity contribution in [3.8, 4) is 5.75 Å². The number of rotatable bonds is 8. The van der Waals surface area contributed by atoms with Crippen LogP contribution in [-0.4, -0.2) is 55.2 Å². The lowest BCUT2D eigenvalue weighted by atomic mass is 10.0. The molecular weight excluding hydrogens is 425 g/mol. The summed E-state index contributed by atoms with van der Waals surface area (Å²) in [4.78, 5) is 25.1. The van der Waals surface area contributed by atoms with E-state index < -0.39 is 12.1 Å². The third kappa shape index (κ3) is 6.40. The first kappa shape index (κ1) is 23.0. The van der Waals surface area contributed by atoms with Gasteiger partial charge in [-0.15, -0.1) is 0 Å². The number of amides is 2. The number of anilines is 1. The zero-order chi connectivity index (χ0) is 22.4. The van der Waals surface area contributed by atoms with Gasteiger partial charge in [-0.25, -0.2) is 9.18 Å². The van der Waals surface area contributed by atoms with E-state index in [0.29, 0.717) is 36.0 Å². The number of morpholine rings is 1. The van der Waals surface area contributed by atoms with Crippen LogP contribution in [0.25, 0.3) is 0 Å². The lowest BCUT2D eigenvalue weighted by molar-refractivity contribution is -0.121. The van der Waals surface area contributed by atoms with Crippen LogP contribution >= 0.6 is 11.6 Å². The molecule has 1 heterocycles. The molecule has 7 nitrogen and oxygen atoms in total. The number of nitrogens with one attached hydrogen (secondary N) is 1. The number of nitrogens with zero attached hydrogens (tertiary/aromatic N) is 1. The molecule has 2 aromatic carbocycles. The Hall–Kier alpha value is -2.68. The van der Waals surface area contributed by atoms with Crippen LogP contribution in [-0.2, 0) is 16.0 Å². The molecule has 3 atom stereocenters. The Kier molecular flexibility index (Phi) is 7.84. The molecular formula is C22H25ClFN3O4. The van der Waals surface area contributed by atoms with Crippen LogP contribution in [0.2, 0.25) is 5.02 Å². The molecule has 3 N–H and O–H groups in total. The summed E-state index contributed by atoms with van der Waals surface area (Å²) in [6, 6.07) is 9.80. The first-order valence-electron chi connectivity index (χ1n) is 9.91. The molecule has 2 aromatic rings. The van der Waals surface area contributed by atoms with Gasteiger partial charge in [0.1, 0.15) is 30.5 Å². The maximum atomic E-state index is 13.1. The highest BCUT2D eigenvalue weighted by molar-refractivity contribution is 6.31. The van der Waals surface area contributed by atoms with Gasteiger partial charge in [-0.3, -0.25) is 4.90 Å². The van der Waals surface area contributed by atoms with Crippen LogP contribution in [0.4, 0.5) is 14.9 Å². The largest absolute Gasteiger partial charge is 0.489 e. The summed E-state index contributed by atoms with van der Waals surface area (Å²) in [7, 11) is 0. The second kappa shape index (κ2) is 10.6. The van der Waals surface area contributed by atoms with Gasteiger partial charge in [-0.2, -0.15) is 0 Å². The minimum atomic E-state index is -0.746. The maximum Gasteiger partial charge on any atom is 0.316 e. The second-order valence-electron chi connectivity index (χ2n) is 7.48. The Morgan fingerprint density at radius 3 is 2.81 bits per heavy atom. The summed E-state index contributed by atoms with van der Waals surface area (Å²) in [6.07, 6.45) is 1.32. The maximum absolute atomic E-state index is 13.1. The minimum Gasteiger partial charge on any atom is -0.489 e. The Morgan fingerprint density at radius 1 is 1.39 bits per heavy atom. The van der Waals surface area contributed by atoms with E-state index in [2.05, 4.69) is 5.32 Å². The van der Waals surface area contributed by atoms with Gasteiger partial charge in [0.25, 0.3) is 0 Å². The number of nitrogens with two attached hydrogens (primary N) is 1. The summed E-state index contributed by atoms with van der Waals surface area (Å²) in [5.41, 5.74) is 6.49. The number of halogens is 2. The molecule has 1 aliphatic heterocycles. The minimum absolute atomic E-state index is 0.0108. The zero-order valence-electron chi connectivity index (χ0n) is 17.1. The molecule has 1 unspecified atom stereocenters. The van der Waals surface area contributed by atoms with Gasteiger partial charge < -0.3 is 25.3 Å². The van der Waals surface area contributed by atoms with Crippen molar-refractivity contribution in [3.63, 3.8) is 0 Å². The van der Waals surface area contributed by atoms with Crippen molar-refractivity contribution in [2.45, 2.75) is 31.5 Å². The molecule has 31 heavy (non-hydrogen) atoms. The molecule has 0 spiro atoms. The Balaban J connectivity index is 1.66. The monoisotopic (exact) mass is 449 g/mol. The van der Waals surface area contributed by atoms with Gasteiger partial charge in [0.15, 0.2) is 0 Å². The molecule has 1 aliphatic rings. The molecule has 1 fully saturated rings. The van der Waals surface area contributed by atoms with Gasteiger partial charge in [0, 0.05) is 17.6 Å². The molecule has 9 heteroatoms. The van der Waals surface area contributed by atoms with E-state index in [4.69, 9.17) is 26.8 Å². The van der Waals surface area contributed by atoms with E-state index in [1.54, 1.807) is 24.3 Å². The van der Waals surface area contributed by atoms with Crippen molar-refractivity contribution in [2.24, 2.45) is 5.73 Å². The van der Waals surface area contributed by atoms with Crippen molar-refractivity contribution in [1.29, 1.82) is 0 Å². The van der Waals surface area contributed by atoms with Crippen molar-refractivity contribution in [3.05, 3.63) is 58.9 Å². The molecule has 0 radical (unpaired) electrons. The lowest BCUT2D eigenvalue weighted by Gasteiger charge is -2.40. The summed E-state index contributed by atoms with van der Waals surface area (Å²) >= 11 is 5.98. The van der Waals surface area contributed by atoms with Crippen LogP contribution in [0.1, 0.15) is 12.5 Å². The highest BCUT2D eigenvalue weighted by Crippen LogP contribution is 2.28. The van der Waals surface area contributed by atoms with Gasteiger partial charge in [0.05, 0.1) is 18.4 Å². The van der Waals surface area contributed by atoms with Crippen LogP contribution in [0, 0.1) is 5.82 Å². The highest BCUT2D eigenvalue weighted by atomic mass is 35.5. The SMILES string of the molecule is C[C@H]1CO[C@@H](Cc2ccc(F)cc2)CN1C(C=O)COc1ccc(Cl)cc1NC(N)=O. The molecule has 0 bridgehead atoms. The molecule has 0 saturated carbocycles. The number of hydrogen-bond donors (Lipinski definition) is 2. The fraction of sp³-hybridized carbons (Fsp3) is 0.364. The van der Waals surface area contributed by atoms with E-state index >= 15 is 0 Å². The van der Waals surface area contributed by atoms with Gasteiger partial charge in [-0.05, 0) is 49.2 Å². The van der Waals surface area contributed by atoms with E-state index in [9.17, 15) is 14.0 Å². The molecule has 166 valence electrons. The predicted molar refractivity (Wildman–Crippen MR) is 116 cm³/mol. The standard InChI is InChI=1S/C22H25ClFN3O4/c1-14-12-30-19(8-15-2-5-17(24)6-3-15)10-27(14)18(11-28)13-31-21-7-4-16(23)9-20(21)26-22(25)29/h2-7,9,11,14,18-19H,8,10,12-13H2,1H3,(H3,25,26,29)/t14-,18?,19-/m0/s1. The molecule has 1 saturated heterocycles. The Bertz CT molecular complexity index is 912. The van der Waals surface area contributed by atoms with E-state index in [-0.39, 0.29) is 24.6 Å². The highest BCUT2D eigenvalue weighted by Gasteiger charge is 2.32. The number of carbonyl (C=O) groups excluding carboxylic acids is 2. The first-order valence-corrected chi connectivity index (χ1v) is 10.3. The van der Waals surface area contributed by atoms with Gasteiger partial charge in [-0.1, -0.05) is 23.7 Å². The zero-order valence-corrected chi connectivity index (χ0v) is 17.8. The average molecular weight is 450 g/mol. The Morgan fingerprint density at radius 2 is 2.13 bits per heavy atom. The summed E-state index contributed by atoms with van der Waals surface area (Å²) in [5.74, 6) is 0.0768. The first-order chi connectivity index (χ1) is 14.9. The third-order valence-electron chi connectivity index (χ3n) is 5.12. The van der Waals surface area contributed by atoms with Crippen LogP contribution in [0.3, 0.4) is 0 Å². The fourth-order valence-electron chi connectivity index (χ4n) is 3.55. The van der Waals surface area contributed by atoms with Crippen LogP contribution in [0.5, 0.6) is 5.75 Å². The predicted octanol–water partition coefficient (Wildman–Crippen LogP) is 3.25. The van der Waals surface area contributed by atoms with Crippen molar-refractivity contribution < 1.29 is 23.5 Å². The third-order valence-corrected chi connectivity index (χ3v) is 5.36. The molecule has 0 aromatic heterocycles. The molecule has 0 aliphatic carbocycles. The van der Waals surface area contributed by atoms with Crippen molar-refractivity contribution >= 4 is 29.6 Å². The number of urea groups is 1. The lowest BCUT2D eigenvalue weighted by Crippen LogP contribution is -2.55. The molecule has 3 rings (SSSR count). The molecule has 2 amide bonds.